The lowest BCUT2D eigenvalue weighted by Gasteiger charge is -2.13. The Kier molecular flexibility index (Phi) is 4.95. The quantitative estimate of drug-likeness (QED) is 0.825. The van der Waals surface area contributed by atoms with Crippen LogP contribution < -0.4 is 0 Å². The predicted molar refractivity (Wildman–Crippen MR) is 80.5 cm³/mol. The number of nitrogens with zero attached hydrogens (tertiary/aromatic N) is 4. The molecule has 7 heteroatoms. The smallest absolute Gasteiger partial charge is 0.313 e. The maximum atomic E-state index is 10.7. The van der Waals surface area contributed by atoms with Crippen LogP contribution >= 0.6 is 11.8 Å². The average Bonchev–Trinajstić information content (AvgIpc) is 2.82. The van der Waals surface area contributed by atoms with E-state index in [1.54, 1.807) is 6.20 Å². The maximum Gasteiger partial charge on any atom is 0.313 e. The number of thioether (sulfide) groups is 1. The second-order valence-corrected chi connectivity index (χ2v) is 6.01. The minimum atomic E-state index is -0.863. The van der Waals surface area contributed by atoms with Crippen molar-refractivity contribution in [2.75, 3.05) is 5.75 Å². The summed E-state index contributed by atoms with van der Waals surface area (Å²) < 4.78 is 1.97. The molecule has 0 amide bonds. The van der Waals surface area contributed by atoms with Crippen LogP contribution in [0.3, 0.4) is 0 Å². The minimum absolute atomic E-state index is 0.0255. The Morgan fingerprint density at radius 3 is 2.81 bits per heavy atom. The predicted octanol–water partition coefficient (Wildman–Crippen LogP) is 2.33. The molecule has 0 fully saturated rings. The van der Waals surface area contributed by atoms with Gasteiger partial charge in [0.1, 0.15) is 5.82 Å². The van der Waals surface area contributed by atoms with E-state index < -0.39 is 5.97 Å². The summed E-state index contributed by atoms with van der Waals surface area (Å²) in [7, 11) is 0. The molecule has 0 saturated heterocycles. The highest BCUT2D eigenvalue weighted by atomic mass is 32.2. The molecule has 2 heterocycles. The van der Waals surface area contributed by atoms with Crippen LogP contribution in [0.25, 0.3) is 0 Å². The highest BCUT2D eigenvalue weighted by Gasteiger charge is 2.17. The summed E-state index contributed by atoms with van der Waals surface area (Å²) in [5, 5.41) is 17.8. The molecule has 0 spiro atoms. The van der Waals surface area contributed by atoms with Crippen molar-refractivity contribution in [1.29, 1.82) is 0 Å². The standard InChI is InChI=1S/C14H18N4O2S/c1-9(2)13-16-17-14(21-8-12(19)20)18(13)7-11-6-15-5-4-10(11)3/h4-6,9H,7-8H2,1-3H3,(H,19,20). The van der Waals surface area contributed by atoms with Gasteiger partial charge in [0.15, 0.2) is 5.16 Å². The third-order valence-corrected chi connectivity index (χ3v) is 4.01. The monoisotopic (exact) mass is 306 g/mol. The number of carboxylic acid groups (broad SMARTS) is 1. The van der Waals surface area contributed by atoms with Crippen molar-refractivity contribution in [3.63, 3.8) is 0 Å². The first-order valence-electron chi connectivity index (χ1n) is 6.66. The lowest BCUT2D eigenvalue weighted by atomic mass is 10.1. The number of hydrogen-bond donors (Lipinski definition) is 1. The molecule has 0 bridgehead atoms. The molecule has 0 aliphatic heterocycles. The fourth-order valence-electron chi connectivity index (χ4n) is 1.94. The van der Waals surface area contributed by atoms with Crippen LogP contribution in [-0.4, -0.2) is 36.6 Å². The molecule has 0 unspecified atom stereocenters. The molecule has 0 aromatic carbocycles. The summed E-state index contributed by atoms with van der Waals surface area (Å²) in [5.74, 6) is 0.181. The van der Waals surface area contributed by atoms with E-state index >= 15 is 0 Å². The second kappa shape index (κ2) is 6.71. The van der Waals surface area contributed by atoms with Crippen LogP contribution in [0, 0.1) is 6.92 Å². The SMILES string of the molecule is Cc1ccncc1Cn1c(SCC(=O)O)nnc1C(C)C. The van der Waals surface area contributed by atoms with E-state index in [-0.39, 0.29) is 11.7 Å². The second-order valence-electron chi connectivity index (χ2n) is 5.07. The first kappa shape index (κ1) is 15.5. The lowest BCUT2D eigenvalue weighted by Crippen LogP contribution is -2.10. The third-order valence-electron chi connectivity index (χ3n) is 3.06. The van der Waals surface area contributed by atoms with Gasteiger partial charge in [-0.15, -0.1) is 10.2 Å². The topological polar surface area (TPSA) is 80.9 Å². The van der Waals surface area contributed by atoms with Crippen LogP contribution in [-0.2, 0) is 11.3 Å². The number of rotatable bonds is 6. The van der Waals surface area contributed by atoms with E-state index in [9.17, 15) is 4.79 Å². The molecule has 112 valence electrons. The largest absolute Gasteiger partial charge is 0.481 e. The summed E-state index contributed by atoms with van der Waals surface area (Å²) in [5.41, 5.74) is 2.22. The van der Waals surface area contributed by atoms with Gasteiger partial charge in [0.2, 0.25) is 0 Å². The number of aromatic nitrogens is 4. The molecule has 6 nitrogen and oxygen atoms in total. The molecule has 0 atom stereocenters. The lowest BCUT2D eigenvalue weighted by molar-refractivity contribution is -0.133. The molecular formula is C14H18N4O2S. The Labute approximate surface area is 127 Å². The van der Waals surface area contributed by atoms with E-state index in [4.69, 9.17) is 5.11 Å². The van der Waals surface area contributed by atoms with E-state index in [0.717, 1.165) is 17.0 Å². The van der Waals surface area contributed by atoms with Crippen molar-refractivity contribution in [1.82, 2.24) is 19.7 Å². The van der Waals surface area contributed by atoms with Gasteiger partial charge in [-0.25, -0.2) is 0 Å². The summed E-state index contributed by atoms with van der Waals surface area (Å²) in [6.45, 7) is 6.72. The molecule has 21 heavy (non-hydrogen) atoms. The van der Waals surface area contributed by atoms with Gasteiger partial charge in [0.25, 0.3) is 0 Å². The third kappa shape index (κ3) is 3.81. The number of aryl methyl sites for hydroxylation is 1. The Hall–Kier alpha value is -1.89. The molecule has 1 N–H and O–H groups in total. The van der Waals surface area contributed by atoms with E-state index in [2.05, 4.69) is 15.2 Å². The van der Waals surface area contributed by atoms with Crippen molar-refractivity contribution in [3.05, 3.63) is 35.4 Å². The van der Waals surface area contributed by atoms with Gasteiger partial charge in [-0.2, -0.15) is 0 Å². The highest BCUT2D eigenvalue weighted by Crippen LogP contribution is 2.23. The van der Waals surface area contributed by atoms with Crippen molar-refractivity contribution in [3.8, 4) is 0 Å². The fourth-order valence-corrected chi connectivity index (χ4v) is 2.61. The summed E-state index contributed by atoms with van der Waals surface area (Å²) >= 11 is 1.19. The van der Waals surface area contributed by atoms with Gasteiger partial charge in [0, 0.05) is 18.3 Å². The molecule has 0 saturated carbocycles. The Morgan fingerprint density at radius 1 is 1.43 bits per heavy atom. The van der Waals surface area contributed by atoms with Gasteiger partial charge in [-0.1, -0.05) is 25.6 Å². The number of carbonyl (C=O) groups is 1. The van der Waals surface area contributed by atoms with E-state index in [0.29, 0.717) is 11.7 Å². The normalized spacial score (nSPS) is 11.0. The van der Waals surface area contributed by atoms with Gasteiger partial charge in [0.05, 0.1) is 12.3 Å². The number of hydrogen-bond acceptors (Lipinski definition) is 5. The zero-order valence-electron chi connectivity index (χ0n) is 12.3. The van der Waals surface area contributed by atoms with Crippen molar-refractivity contribution >= 4 is 17.7 Å². The highest BCUT2D eigenvalue weighted by molar-refractivity contribution is 7.99. The van der Waals surface area contributed by atoms with Gasteiger partial charge in [-0.3, -0.25) is 9.78 Å². The Morgan fingerprint density at radius 2 is 2.19 bits per heavy atom. The van der Waals surface area contributed by atoms with Gasteiger partial charge < -0.3 is 9.67 Å². The molecular weight excluding hydrogens is 288 g/mol. The van der Waals surface area contributed by atoms with Crippen LogP contribution in [0.4, 0.5) is 0 Å². The van der Waals surface area contributed by atoms with Crippen LogP contribution in [0.1, 0.15) is 36.7 Å². The molecule has 2 aromatic heterocycles. The van der Waals surface area contributed by atoms with Crippen molar-refractivity contribution in [2.24, 2.45) is 0 Å². The fraction of sp³-hybridized carbons (Fsp3) is 0.429. The maximum absolute atomic E-state index is 10.7. The zero-order valence-corrected chi connectivity index (χ0v) is 13.1. The molecule has 2 rings (SSSR count). The summed E-state index contributed by atoms with van der Waals surface area (Å²) in [6.07, 6.45) is 3.58. The van der Waals surface area contributed by atoms with Gasteiger partial charge in [-0.05, 0) is 24.1 Å². The van der Waals surface area contributed by atoms with Crippen LogP contribution in [0.2, 0.25) is 0 Å². The van der Waals surface area contributed by atoms with E-state index in [1.165, 1.54) is 11.8 Å². The summed E-state index contributed by atoms with van der Waals surface area (Å²) in [6, 6.07) is 1.96. The molecule has 2 aromatic rings. The first-order valence-corrected chi connectivity index (χ1v) is 7.64. The molecule has 0 radical (unpaired) electrons. The van der Waals surface area contributed by atoms with Crippen LogP contribution in [0.15, 0.2) is 23.6 Å². The molecule has 0 aliphatic rings. The van der Waals surface area contributed by atoms with Gasteiger partial charge >= 0.3 is 5.97 Å². The number of pyridine rings is 1. The Balaban J connectivity index is 2.32. The summed E-state index contributed by atoms with van der Waals surface area (Å²) in [4.78, 5) is 14.9. The minimum Gasteiger partial charge on any atom is -0.481 e. The van der Waals surface area contributed by atoms with Crippen molar-refractivity contribution < 1.29 is 9.90 Å². The van der Waals surface area contributed by atoms with Crippen LogP contribution in [0.5, 0.6) is 0 Å². The number of aliphatic carboxylic acids is 1. The Bertz CT molecular complexity index is 640. The zero-order chi connectivity index (χ0) is 15.4. The first-order chi connectivity index (χ1) is 9.99. The van der Waals surface area contributed by atoms with E-state index in [1.807, 2.05) is 37.6 Å². The average molecular weight is 306 g/mol. The molecule has 0 aliphatic carbocycles. The van der Waals surface area contributed by atoms with Crippen molar-refractivity contribution in [2.45, 2.75) is 38.4 Å². The number of carboxylic acids is 1.